The van der Waals surface area contributed by atoms with Gasteiger partial charge in [0.2, 0.25) is 0 Å². The minimum absolute atomic E-state index is 0.00401. The predicted octanol–water partition coefficient (Wildman–Crippen LogP) is 2.38. The summed E-state index contributed by atoms with van der Waals surface area (Å²) in [4.78, 5) is 49.7. The number of amides is 1. The van der Waals surface area contributed by atoms with Gasteiger partial charge in [0.05, 0.1) is 49.9 Å². The van der Waals surface area contributed by atoms with Gasteiger partial charge in [-0.25, -0.2) is 9.59 Å². The number of hydrogen-bond acceptors (Lipinski definition) is 8. The lowest BCUT2D eigenvalue weighted by molar-refractivity contribution is 0.0587. The lowest BCUT2D eigenvalue weighted by atomic mass is 10.1. The van der Waals surface area contributed by atoms with Gasteiger partial charge in [0.15, 0.2) is 11.4 Å². The molecule has 1 heterocycles. The van der Waals surface area contributed by atoms with Crippen molar-refractivity contribution in [1.82, 2.24) is 9.78 Å². The molecule has 1 N–H and O–H groups in total. The molecule has 1 amide bonds. The Hall–Kier alpha value is -4.47. The van der Waals surface area contributed by atoms with E-state index in [4.69, 9.17) is 14.2 Å². The predicted molar refractivity (Wildman–Crippen MR) is 118 cm³/mol. The maximum Gasteiger partial charge on any atom is 0.339 e. The number of esters is 2. The second kappa shape index (κ2) is 9.77. The van der Waals surface area contributed by atoms with Crippen molar-refractivity contribution in [2.45, 2.75) is 6.92 Å². The van der Waals surface area contributed by atoms with Crippen LogP contribution < -0.4 is 15.6 Å². The van der Waals surface area contributed by atoms with Gasteiger partial charge in [-0.1, -0.05) is 17.7 Å². The minimum atomic E-state index is -0.778. The maximum absolute atomic E-state index is 13.1. The molecule has 0 atom stereocenters. The Morgan fingerprint density at radius 2 is 1.58 bits per heavy atom. The average molecular weight is 451 g/mol. The van der Waals surface area contributed by atoms with Gasteiger partial charge < -0.3 is 19.5 Å². The summed E-state index contributed by atoms with van der Waals surface area (Å²) in [7, 11) is 3.68. The van der Waals surface area contributed by atoms with Crippen LogP contribution in [0.15, 0.2) is 53.3 Å². The van der Waals surface area contributed by atoms with Crippen LogP contribution in [0, 0.1) is 6.92 Å². The van der Waals surface area contributed by atoms with Crippen molar-refractivity contribution in [2.75, 3.05) is 26.6 Å². The molecular weight excluding hydrogens is 430 g/mol. The number of nitrogens with zero attached hydrogens (tertiary/aromatic N) is 2. The van der Waals surface area contributed by atoms with Crippen molar-refractivity contribution in [3.8, 4) is 11.4 Å². The summed E-state index contributed by atoms with van der Waals surface area (Å²) in [5, 5.41) is 6.70. The van der Waals surface area contributed by atoms with E-state index in [0.29, 0.717) is 5.69 Å². The molecule has 10 heteroatoms. The summed E-state index contributed by atoms with van der Waals surface area (Å²) in [6.45, 7) is 1.90. The second-order valence-electron chi connectivity index (χ2n) is 6.84. The molecular formula is C23H21N3O7. The molecule has 0 saturated heterocycles. The van der Waals surface area contributed by atoms with Gasteiger partial charge in [-0.05, 0) is 37.3 Å². The Bertz CT molecular complexity index is 1280. The number of ether oxygens (including phenoxy) is 3. The number of anilines is 1. The fourth-order valence-corrected chi connectivity index (χ4v) is 2.99. The van der Waals surface area contributed by atoms with E-state index in [9.17, 15) is 19.2 Å². The maximum atomic E-state index is 13.1. The molecule has 0 aliphatic carbocycles. The molecule has 0 aliphatic rings. The van der Waals surface area contributed by atoms with Crippen LogP contribution in [0.2, 0.25) is 0 Å². The summed E-state index contributed by atoms with van der Waals surface area (Å²) in [6, 6.07) is 12.1. The van der Waals surface area contributed by atoms with Gasteiger partial charge in [-0.2, -0.15) is 9.78 Å². The average Bonchev–Trinajstić information content (AvgIpc) is 2.83. The first-order chi connectivity index (χ1) is 15.8. The smallest absolute Gasteiger partial charge is 0.339 e. The Morgan fingerprint density at radius 1 is 0.909 bits per heavy atom. The fourth-order valence-electron chi connectivity index (χ4n) is 2.99. The Morgan fingerprint density at radius 3 is 2.18 bits per heavy atom. The van der Waals surface area contributed by atoms with Crippen molar-refractivity contribution in [3.05, 3.63) is 81.3 Å². The van der Waals surface area contributed by atoms with Gasteiger partial charge >= 0.3 is 11.9 Å². The number of nitrogens with one attached hydrogen (secondary N) is 1. The summed E-state index contributed by atoms with van der Waals surface area (Å²) in [5.74, 6) is -2.23. The van der Waals surface area contributed by atoms with E-state index >= 15 is 0 Å². The molecule has 0 saturated carbocycles. The molecule has 33 heavy (non-hydrogen) atoms. The topological polar surface area (TPSA) is 126 Å². The lowest BCUT2D eigenvalue weighted by Crippen LogP contribution is -2.26. The van der Waals surface area contributed by atoms with Crippen molar-refractivity contribution in [2.24, 2.45) is 0 Å². The van der Waals surface area contributed by atoms with E-state index in [-0.39, 0.29) is 28.3 Å². The normalized spacial score (nSPS) is 10.3. The summed E-state index contributed by atoms with van der Waals surface area (Å²) < 4.78 is 15.7. The largest absolute Gasteiger partial charge is 0.494 e. The van der Waals surface area contributed by atoms with Crippen molar-refractivity contribution >= 4 is 23.5 Å². The quantitative estimate of drug-likeness (QED) is 0.566. The number of methoxy groups -OCH3 is 3. The molecule has 0 bridgehead atoms. The van der Waals surface area contributed by atoms with Gasteiger partial charge in [-0.15, -0.1) is 0 Å². The van der Waals surface area contributed by atoms with Crippen LogP contribution in [-0.4, -0.2) is 49.0 Å². The number of benzene rings is 2. The third-order valence-electron chi connectivity index (χ3n) is 4.70. The number of hydrogen-bond donors (Lipinski definition) is 1. The molecule has 3 aromatic rings. The van der Waals surface area contributed by atoms with Crippen LogP contribution >= 0.6 is 0 Å². The first-order valence-electron chi connectivity index (χ1n) is 9.66. The lowest BCUT2D eigenvalue weighted by Gasteiger charge is -2.14. The molecule has 0 aliphatic heterocycles. The number of aromatic nitrogens is 2. The van der Waals surface area contributed by atoms with E-state index in [1.54, 1.807) is 24.3 Å². The molecule has 0 fully saturated rings. The molecule has 1 aromatic heterocycles. The number of aryl methyl sites for hydroxylation is 1. The zero-order chi connectivity index (χ0) is 24.1. The van der Waals surface area contributed by atoms with E-state index in [1.807, 2.05) is 6.92 Å². The van der Waals surface area contributed by atoms with Gasteiger partial charge in [0.1, 0.15) is 0 Å². The SMILES string of the molecule is COC(=O)c1ccc(C(=O)OC)c(NC(=O)c2nn(-c3ccc(C)cc3)c(=O)cc2OC)c1. The zero-order valence-electron chi connectivity index (χ0n) is 18.4. The molecule has 0 unspecified atom stereocenters. The molecule has 0 radical (unpaired) electrons. The third kappa shape index (κ3) is 4.90. The van der Waals surface area contributed by atoms with Gasteiger partial charge in [0, 0.05) is 0 Å². The Balaban J connectivity index is 2.07. The van der Waals surface area contributed by atoms with Crippen LogP contribution in [0.25, 0.3) is 5.69 Å². The first kappa shape index (κ1) is 23.2. The highest BCUT2D eigenvalue weighted by molar-refractivity contribution is 6.09. The van der Waals surface area contributed by atoms with Crippen LogP contribution in [0.3, 0.4) is 0 Å². The van der Waals surface area contributed by atoms with Crippen LogP contribution in [0.4, 0.5) is 5.69 Å². The molecule has 170 valence electrons. The van der Waals surface area contributed by atoms with E-state index in [2.05, 4.69) is 10.4 Å². The summed E-state index contributed by atoms with van der Waals surface area (Å²) >= 11 is 0. The molecule has 10 nitrogen and oxygen atoms in total. The van der Waals surface area contributed by atoms with Gasteiger partial charge in [0.25, 0.3) is 11.5 Å². The highest BCUT2D eigenvalue weighted by Crippen LogP contribution is 2.22. The second-order valence-corrected chi connectivity index (χ2v) is 6.84. The Labute approximate surface area is 188 Å². The molecule has 0 spiro atoms. The van der Waals surface area contributed by atoms with E-state index in [1.165, 1.54) is 39.5 Å². The highest BCUT2D eigenvalue weighted by Gasteiger charge is 2.22. The number of rotatable bonds is 6. The van der Waals surface area contributed by atoms with Crippen LogP contribution in [0.5, 0.6) is 5.75 Å². The van der Waals surface area contributed by atoms with E-state index in [0.717, 1.165) is 16.3 Å². The van der Waals surface area contributed by atoms with Crippen molar-refractivity contribution in [3.63, 3.8) is 0 Å². The Kier molecular flexibility index (Phi) is 6.87. The highest BCUT2D eigenvalue weighted by atomic mass is 16.5. The van der Waals surface area contributed by atoms with Crippen molar-refractivity contribution in [1.29, 1.82) is 0 Å². The van der Waals surface area contributed by atoms with Crippen LogP contribution in [0.1, 0.15) is 36.8 Å². The number of carbonyl (C=O) groups is 3. The monoisotopic (exact) mass is 451 g/mol. The molecule has 3 rings (SSSR count). The number of carbonyl (C=O) groups excluding carboxylic acids is 3. The van der Waals surface area contributed by atoms with Gasteiger partial charge in [-0.3, -0.25) is 9.59 Å². The fraction of sp³-hybridized carbons (Fsp3) is 0.174. The standard InChI is InChI=1S/C23H21N3O7/c1-13-5-8-15(9-6-13)26-19(27)12-18(31-2)20(25-26)21(28)24-17-11-14(22(29)32-3)7-10-16(17)23(30)33-4/h5-12H,1-4H3,(H,24,28). The minimum Gasteiger partial charge on any atom is -0.494 e. The summed E-state index contributed by atoms with van der Waals surface area (Å²) in [5.41, 5.74) is 0.817. The molecule has 2 aromatic carbocycles. The first-order valence-corrected chi connectivity index (χ1v) is 9.66. The van der Waals surface area contributed by atoms with Crippen molar-refractivity contribution < 1.29 is 28.6 Å². The van der Waals surface area contributed by atoms with Crippen LogP contribution in [-0.2, 0) is 9.47 Å². The van der Waals surface area contributed by atoms with E-state index < -0.39 is 23.4 Å². The summed E-state index contributed by atoms with van der Waals surface area (Å²) in [6.07, 6.45) is 0. The zero-order valence-corrected chi connectivity index (χ0v) is 18.4. The third-order valence-corrected chi connectivity index (χ3v) is 4.70.